The summed E-state index contributed by atoms with van der Waals surface area (Å²) in [5, 5.41) is 13.7. The average molecular weight is 766 g/mol. The van der Waals surface area contributed by atoms with Crippen molar-refractivity contribution in [3.05, 3.63) is 134 Å². The van der Waals surface area contributed by atoms with Crippen molar-refractivity contribution in [1.82, 2.24) is 0 Å². The maximum absolute atomic E-state index is 15.0. The van der Waals surface area contributed by atoms with Crippen LogP contribution < -0.4 is 14.7 Å². The Morgan fingerprint density at radius 2 is 1.04 bits per heavy atom. The Balaban J connectivity index is 1.39. The maximum Gasteiger partial charge on any atom is 0.265 e. The first kappa shape index (κ1) is 29.2. The SMILES string of the molecule is O=C1C2[C@@H](C(=O)N1c1ccc(Br)cc1)C13C(=CC2([N+](=O)[O-])[C@@H]2C(=O)N(c4ccc(Br)cc4)C(=O)[C@@H]21)c1ccccc1N3c1ccccc1. The van der Waals surface area contributed by atoms with Gasteiger partial charge in [-0.25, -0.2) is 9.80 Å². The summed E-state index contributed by atoms with van der Waals surface area (Å²) >= 11 is 6.78. The number of amides is 4. The first-order chi connectivity index (χ1) is 23.1. The summed E-state index contributed by atoms with van der Waals surface area (Å²) < 4.78 is 1.43. The number of halogens is 2. The van der Waals surface area contributed by atoms with E-state index in [0.29, 0.717) is 31.5 Å². The van der Waals surface area contributed by atoms with E-state index in [4.69, 9.17) is 0 Å². The molecule has 0 N–H and O–H groups in total. The van der Waals surface area contributed by atoms with E-state index in [-0.39, 0.29) is 11.4 Å². The number of benzene rings is 4. The molecule has 2 bridgehead atoms. The van der Waals surface area contributed by atoms with Crippen molar-refractivity contribution in [2.45, 2.75) is 11.1 Å². The summed E-state index contributed by atoms with van der Waals surface area (Å²) in [6.45, 7) is 0. The molecule has 3 aliphatic heterocycles. The van der Waals surface area contributed by atoms with Crippen LogP contribution in [0.2, 0.25) is 0 Å². The molecule has 2 saturated heterocycles. The molecule has 6 aliphatic rings. The van der Waals surface area contributed by atoms with Crippen molar-refractivity contribution >= 4 is 83.8 Å². The lowest BCUT2D eigenvalue weighted by molar-refractivity contribution is -0.577. The van der Waals surface area contributed by atoms with Gasteiger partial charge in [0.05, 0.1) is 28.7 Å². The molecule has 3 fully saturated rings. The highest BCUT2D eigenvalue weighted by Gasteiger charge is 2.88. The number of carbonyl (C=O) groups excluding carboxylic acids is 4. The molecule has 4 amide bonds. The standard InChI is InChI=1S/C36H22Br2N4O6/c37-19-10-14-21(15-11-19)39-31(43)27-29(33(39)45)36-25(24-8-4-5-9-26(24)41(36)23-6-2-1-3-7-23)18-35(27,42(47)48)28-30(36)34(46)40(32(28)44)22-16-12-20(38)13-17-22/h1-18,27-30H/t27-,28?,29+,30-,35?,36?/m0/s1. The van der Waals surface area contributed by atoms with E-state index in [1.165, 1.54) is 6.08 Å². The summed E-state index contributed by atoms with van der Waals surface area (Å²) in [4.78, 5) is 76.5. The zero-order chi connectivity index (χ0) is 33.3. The summed E-state index contributed by atoms with van der Waals surface area (Å²) in [6.07, 6.45) is 1.43. The van der Waals surface area contributed by atoms with Crippen molar-refractivity contribution in [2.75, 3.05) is 14.7 Å². The average Bonchev–Trinajstić information content (AvgIpc) is 3.65. The first-order valence-electron chi connectivity index (χ1n) is 15.2. The molecule has 12 heteroatoms. The van der Waals surface area contributed by atoms with E-state index in [0.717, 1.165) is 9.80 Å². The predicted molar refractivity (Wildman–Crippen MR) is 183 cm³/mol. The lowest BCUT2D eigenvalue weighted by atomic mass is 9.44. The van der Waals surface area contributed by atoms with Gasteiger partial charge < -0.3 is 4.90 Å². The van der Waals surface area contributed by atoms with Gasteiger partial charge in [0.1, 0.15) is 11.8 Å². The molecule has 236 valence electrons. The first-order valence-corrected chi connectivity index (χ1v) is 16.8. The third-order valence-electron chi connectivity index (χ3n) is 10.7. The van der Waals surface area contributed by atoms with Crippen LogP contribution in [0.25, 0.3) is 5.57 Å². The highest BCUT2D eigenvalue weighted by Crippen LogP contribution is 2.73. The van der Waals surface area contributed by atoms with Gasteiger partial charge in [0.2, 0.25) is 23.6 Å². The molecular weight excluding hydrogens is 744 g/mol. The fraction of sp³-hybridized carbons (Fsp3) is 0.167. The van der Waals surface area contributed by atoms with Gasteiger partial charge in [-0.1, -0.05) is 68.3 Å². The number of nitrogens with zero attached hydrogens (tertiary/aromatic N) is 4. The van der Waals surface area contributed by atoms with Crippen molar-refractivity contribution in [2.24, 2.45) is 23.7 Å². The molecule has 4 aromatic rings. The Morgan fingerprint density at radius 3 is 1.54 bits per heavy atom. The monoisotopic (exact) mass is 764 g/mol. The minimum absolute atomic E-state index is 0.250. The number of fused-ring (bicyclic) bond motifs is 1. The van der Waals surface area contributed by atoms with Gasteiger partial charge in [-0.05, 0) is 78.4 Å². The number of anilines is 4. The Kier molecular flexibility index (Phi) is 5.97. The summed E-state index contributed by atoms with van der Waals surface area (Å²) in [7, 11) is 0. The Morgan fingerprint density at radius 1 is 0.583 bits per heavy atom. The van der Waals surface area contributed by atoms with Gasteiger partial charge in [0, 0.05) is 30.8 Å². The van der Waals surface area contributed by atoms with Gasteiger partial charge in [-0.2, -0.15) is 0 Å². The molecule has 10 nitrogen and oxygen atoms in total. The van der Waals surface area contributed by atoms with Crippen LogP contribution >= 0.6 is 31.9 Å². The molecular formula is C36H22Br2N4O6. The Hall–Kier alpha value is -4.94. The molecule has 3 heterocycles. The van der Waals surface area contributed by atoms with Crippen LogP contribution in [0.1, 0.15) is 5.56 Å². The van der Waals surface area contributed by atoms with Crippen molar-refractivity contribution in [3.63, 3.8) is 0 Å². The molecule has 4 aromatic carbocycles. The number of carbonyl (C=O) groups is 4. The van der Waals surface area contributed by atoms with Gasteiger partial charge >= 0.3 is 0 Å². The summed E-state index contributed by atoms with van der Waals surface area (Å²) in [6, 6.07) is 29.5. The fourth-order valence-electron chi connectivity index (χ4n) is 9.09. The molecule has 10 rings (SSSR count). The van der Waals surface area contributed by atoms with E-state index in [1.807, 2.05) is 53.4 Å². The summed E-state index contributed by atoms with van der Waals surface area (Å²) in [5.74, 6) is -8.76. The smallest absolute Gasteiger partial charge is 0.265 e. The topological polar surface area (TPSA) is 121 Å². The fourth-order valence-corrected chi connectivity index (χ4v) is 9.62. The molecule has 3 unspecified atom stereocenters. The molecule has 1 spiro atoms. The third kappa shape index (κ3) is 3.31. The van der Waals surface area contributed by atoms with E-state index >= 15 is 9.59 Å². The van der Waals surface area contributed by atoms with Crippen LogP contribution in [0.3, 0.4) is 0 Å². The van der Waals surface area contributed by atoms with E-state index < -0.39 is 63.3 Å². The van der Waals surface area contributed by atoms with Crippen LogP contribution in [0.4, 0.5) is 22.7 Å². The number of hydrogen-bond acceptors (Lipinski definition) is 7. The second kappa shape index (κ2) is 9.80. The lowest BCUT2D eigenvalue weighted by Gasteiger charge is -2.58. The van der Waals surface area contributed by atoms with Gasteiger partial charge in [0.25, 0.3) is 5.54 Å². The van der Waals surface area contributed by atoms with Crippen molar-refractivity contribution in [3.8, 4) is 0 Å². The lowest BCUT2D eigenvalue weighted by Crippen LogP contribution is -2.76. The van der Waals surface area contributed by atoms with Crippen LogP contribution in [0.15, 0.2) is 118 Å². The molecule has 0 radical (unpaired) electrons. The maximum atomic E-state index is 15.0. The number of rotatable bonds is 4. The molecule has 3 aliphatic carbocycles. The van der Waals surface area contributed by atoms with Crippen molar-refractivity contribution < 1.29 is 24.1 Å². The zero-order valence-corrected chi connectivity index (χ0v) is 27.9. The minimum Gasteiger partial charge on any atom is -0.329 e. The van der Waals surface area contributed by atoms with Gasteiger partial charge in [-0.3, -0.25) is 29.3 Å². The van der Waals surface area contributed by atoms with Gasteiger partial charge in [-0.15, -0.1) is 0 Å². The zero-order valence-electron chi connectivity index (χ0n) is 24.7. The van der Waals surface area contributed by atoms with E-state index in [2.05, 4.69) is 31.9 Å². The Bertz CT molecular complexity index is 2080. The number of para-hydroxylation sites is 2. The molecule has 6 atom stereocenters. The second-order valence-corrected chi connectivity index (χ2v) is 14.4. The predicted octanol–water partition coefficient (Wildman–Crippen LogP) is 6.14. The highest BCUT2D eigenvalue weighted by molar-refractivity contribution is 9.10. The van der Waals surface area contributed by atoms with Crippen LogP contribution in [-0.2, 0) is 19.2 Å². The van der Waals surface area contributed by atoms with Crippen molar-refractivity contribution in [1.29, 1.82) is 0 Å². The van der Waals surface area contributed by atoms with Crippen LogP contribution in [0, 0.1) is 33.8 Å². The highest BCUT2D eigenvalue weighted by atomic mass is 79.9. The molecule has 48 heavy (non-hydrogen) atoms. The number of hydrogen-bond donors (Lipinski definition) is 0. The number of imide groups is 2. The molecule has 1 saturated carbocycles. The van der Waals surface area contributed by atoms with Crippen LogP contribution in [0.5, 0.6) is 0 Å². The quantitative estimate of drug-likeness (QED) is 0.139. The number of nitro groups is 1. The third-order valence-corrected chi connectivity index (χ3v) is 11.7. The largest absolute Gasteiger partial charge is 0.329 e. The van der Waals surface area contributed by atoms with E-state index in [1.54, 1.807) is 54.6 Å². The second-order valence-electron chi connectivity index (χ2n) is 12.6. The van der Waals surface area contributed by atoms with Crippen LogP contribution in [-0.4, -0.2) is 39.6 Å². The minimum atomic E-state index is -2.39. The van der Waals surface area contributed by atoms with E-state index in [9.17, 15) is 19.7 Å². The summed E-state index contributed by atoms with van der Waals surface area (Å²) in [5.41, 5.74) is -1.29. The Labute approximate surface area is 290 Å². The normalized spacial score (nSPS) is 29.5. The molecule has 0 aromatic heterocycles. The van der Waals surface area contributed by atoms with Gasteiger partial charge in [0.15, 0.2) is 0 Å².